The van der Waals surface area contributed by atoms with E-state index in [2.05, 4.69) is 51.5 Å². The van der Waals surface area contributed by atoms with Crippen molar-refractivity contribution < 1.29 is 0 Å². The van der Waals surface area contributed by atoms with Crippen molar-refractivity contribution in [1.82, 2.24) is 9.97 Å². The van der Waals surface area contributed by atoms with Crippen LogP contribution in [0.15, 0.2) is 47.8 Å². The normalized spacial score (nSPS) is 10.3. The second-order valence-corrected chi connectivity index (χ2v) is 5.31. The molecule has 0 fully saturated rings. The zero-order valence-electron chi connectivity index (χ0n) is 11.9. The van der Waals surface area contributed by atoms with Crippen LogP contribution in [0.5, 0.6) is 0 Å². The number of hydrogen-bond donors (Lipinski definition) is 1. The number of aromatic nitrogens is 2. The summed E-state index contributed by atoms with van der Waals surface area (Å²) in [6.07, 6.45) is 4.68. The van der Waals surface area contributed by atoms with Gasteiger partial charge in [-0.1, -0.05) is 18.2 Å². The van der Waals surface area contributed by atoms with Gasteiger partial charge in [0.05, 0.1) is 0 Å². The first kappa shape index (κ1) is 14.7. The zero-order chi connectivity index (χ0) is 14.2. The predicted octanol–water partition coefficient (Wildman–Crippen LogP) is 3.14. The van der Waals surface area contributed by atoms with Gasteiger partial charge >= 0.3 is 0 Å². The Bertz CT molecular complexity index is 518. The van der Waals surface area contributed by atoms with Crippen LogP contribution in [0.3, 0.4) is 0 Å². The monoisotopic (exact) mass is 288 g/mol. The largest absolute Gasteiger partial charge is 0.375 e. The lowest BCUT2D eigenvalue weighted by Gasteiger charge is -2.19. The van der Waals surface area contributed by atoms with Crippen molar-refractivity contribution in [2.45, 2.75) is 11.4 Å². The van der Waals surface area contributed by atoms with Gasteiger partial charge in [0.15, 0.2) is 0 Å². The zero-order valence-corrected chi connectivity index (χ0v) is 12.7. The molecule has 0 atom stereocenters. The molecule has 5 heteroatoms. The van der Waals surface area contributed by atoms with E-state index < -0.39 is 0 Å². The maximum atomic E-state index is 4.21. The molecule has 4 nitrogen and oxygen atoms in total. The van der Waals surface area contributed by atoms with Crippen LogP contribution in [0.1, 0.15) is 6.42 Å². The summed E-state index contributed by atoms with van der Waals surface area (Å²) in [4.78, 5) is 10.6. The number of rotatable bonds is 7. The van der Waals surface area contributed by atoms with Gasteiger partial charge in [-0.3, -0.25) is 0 Å². The van der Waals surface area contributed by atoms with Gasteiger partial charge in [0.1, 0.15) is 17.2 Å². The molecule has 0 aliphatic rings. The average Bonchev–Trinajstić information content (AvgIpc) is 2.52. The second kappa shape index (κ2) is 7.75. The second-order valence-electron chi connectivity index (χ2n) is 4.48. The fourth-order valence-corrected chi connectivity index (χ4v) is 2.27. The van der Waals surface area contributed by atoms with E-state index in [1.807, 2.05) is 18.4 Å². The molecule has 0 amide bonds. The van der Waals surface area contributed by atoms with Crippen molar-refractivity contribution >= 4 is 23.3 Å². The molecule has 0 saturated carbocycles. The first-order valence-electron chi connectivity index (χ1n) is 6.65. The number of nitrogens with one attached hydrogen (secondary N) is 1. The third-order valence-electron chi connectivity index (χ3n) is 3.02. The Morgan fingerprint density at radius 3 is 2.75 bits per heavy atom. The summed E-state index contributed by atoms with van der Waals surface area (Å²) in [6, 6.07) is 12.4. The van der Waals surface area contributed by atoms with E-state index >= 15 is 0 Å². The predicted molar refractivity (Wildman–Crippen MR) is 86.6 cm³/mol. The number of benzene rings is 1. The van der Waals surface area contributed by atoms with E-state index in [4.69, 9.17) is 0 Å². The summed E-state index contributed by atoms with van der Waals surface area (Å²) in [6.45, 7) is 1.92. The van der Waals surface area contributed by atoms with Gasteiger partial charge in [-0.15, -0.1) is 11.8 Å². The smallest absolute Gasteiger partial charge is 0.130 e. The van der Waals surface area contributed by atoms with E-state index in [1.54, 1.807) is 18.1 Å². The summed E-state index contributed by atoms with van der Waals surface area (Å²) in [5.74, 6) is 0.895. The average molecular weight is 288 g/mol. The first-order chi connectivity index (χ1) is 9.79. The highest BCUT2D eigenvalue weighted by atomic mass is 32.2. The van der Waals surface area contributed by atoms with E-state index in [9.17, 15) is 0 Å². The Hall–Kier alpha value is -1.75. The topological polar surface area (TPSA) is 41.0 Å². The van der Waals surface area contributed by atoms with Crippen LogP contribution in [0.4, 0.5) is 11.5 Å². The SMILES string of the molecule is CSc1cc(NCCCN(C)c2ccccc2)ncn1. The molecule has 2 aromatic rings. The van der Waals surface area contributed by atoms with Crippen LogP contribution in [0, 0.1) is 0 Å². The summed E-state index contributed by atoms with van der Waals surface area (Å²) >= 11 is 1.63. The number of nitrogens with zero attached hydrogens (tertiary/aromatic N) is 3. The van der Waals surface area contributed by atoms with Gasteiger partial charge in [-0.2, -0.15) is 0 Å². The maximum Gasteiger partial charge on any atom is 0.130 e. The molecule has 0 aliphatic carbocycles. The molecular formula is C15H20N4S. The highest BCUT2D eigenvalue weighted by Crippen LogP contribution is 2.14. The van der Waals surface area contributed by atoms with Gasteiger partial charge in [0.2, 0.25) is 0 Å². The van der Waals surface area contributed by atoms with Gasteiger partial charge in [0, 0.05) is 31.9 Å². The van der Waals surface area contributed by atoms with E-state index in [0.717, 1.165) is 30.4 Å². The van der Waals surface area contributed by atoms with Crippen molar-refractivity contribution in [3.63, 3.8) is 0 Å². The molecule has 20 heavy (non-hydrogen) atoms. The molecule has 1 N–H and O–H groups in total. The molecule has 0 unspecified atom stereocenters. The first-order valence-corrected chi connectivity index (χ1v) is 7.88. The number of thioether (sulfide) groups is 1. The van der Waals surface area contributed by atoms with E-state index in [-0.39, 0.29) is 0 Å². The molecule has 2 rings (SSSR count). The van der Waals surface area contributed by atoms with Crippen molar-refractivity contribution in [3.8, 4) is 0 Å². The molecular weight excluding hydrogens is 268 g/mol. The van der Waals surface area contributed by atoms with Gasteiger partial charge in [0.25, 0.3) is 0 Å². The molecule has 0 bridgehead atoms. The summed E-state index contributed by atoms with van der Waals surface area (Å²) in [7, 11) is 2.12. The minimum absolute atomic E-state index is 0.895. The number of anilines is 2. The Balaban J connectivity index is 1.73. The highest BCUT2D eigenvalue weighted by molar-refractivity contribution is 7.98. The Morgan fingerprint density at radius 1 is 1.20 bits per heavy atom. The third kappa shape index (κ3) is 4.42. The number of para-hydroxylation sites is 1. The Morgan fingerprint density at radius 2 is 2.00 bits per heavy atom. The van der Waals surface area contributed by atoms with Gasteiger partial charge in [-0.25, -0.2) is 9.97 Å². The van der Waals surface area contributed by atoms with Crippen molar-refractivity contribution in [3.05, 3.63) is 42.7 Å². The third-order valence-corrected chi connectivity index (χ3v) is 3.67. The van der Waals surface area contributed by atoms with Crippen LogP contribution in [-0.2, 0) is 0 Å². The van der Waals surface area contributed by atoms with Crippen molar-refractivity contribution in [2.24, 2.45) is 0 Å². The van der Waals surface area contributed by atoms with Crippen LogP contribution >= 0.6 is 11.8 Å². The molecule has 0 radical (unpaired) electrons. The lowest BCUT2D eigenvalue weighted by atomic mass is 10.3. The van der Waals surface area contributed by atoms with Crippen LogP contribution in [-0.4, -0.2) is 36.4 Å². The van der Waals surface area contributed by atoms with E-state index in [0.29, 0.717) is 0 Å². The van der Waals surface area contributed by atoms with E-state index in [1.165, 1.54) is 5.69 Å². The summed E-state index contributed by atoms with van der Waals surface area (Å²) in [5.41, 5.74) is 1.25. The lowest BCUT2D eigenvalue weighted by Crippen LogP contribution is -2.20. The number of hydrogen-bond acceptors (Lipinski definition) is 5. The summed E-state index contributed by atoms with van der Waals surface area (Å²) in [5, 5.41) is 4.32. The minimum Gasteiger partial charge on any atom is -0.375 e. The molecule has 106 valence electrons. The highest BCUT2D eigenvalue weighted by Gasteiger charge is 2.00. The molecule has 0 spiro atoms. The molecule has 1 aromatic heterocycles. The van der Waals surface area contributed by atoms with Gasteiger partial charge < -0.3 is 10.2 Å². The summed E-state index contributed by atoms with van der Waals surface area (Å²) < 4.78 is 0. The molecule has 0 saturated heterocycles. The van der Waals surface area contributed by atoms with Crippen LogP contribution < -0.4 is 10.2 Å². The maximum absolute atomic E-state index is 4.21. The van der Waals surface area contributed by atoms with Crippen molar-refractivity contribution in [1.29, 1.82) is 0 Å². The standard InChI is InChI=1S/C15H20N4S/c1-19(13-7-4-3-5-8-13)10-6-9-16-14-11-15(20-2)18-12-17-14/h3-5,7-8,11-12H,6,9-10H2,1-2H3,(H,16,17,18). The molecule has 1 aromatic carbocycles. The minimum atomic E-state index is 0.895. The molecule has 1 heterocycles. The van der Waals surface area contributed by atoms with Crippen molar-refractivity contribution in [2.75, 3.05) is 36.6 Å². The Labute approximate surface area is 124 Å². The molecule has 0 aliphatic heterocycles. The fourth-order valence-electron chi connectivity index (χ4n) is 1.89. The van der Waals surface area contributed by atoms with Crippen LogP contribution in [0.2, 0.25) is 0 Å². The van der Waals surface area contributed by atoms with Gasteiger partial charge in [-0.05, 0) is 24.8 Å². The Kier molecular flexibility index (Phi) is 5.68. The fraction of sp³-hybridized carbons (Fsp3) is 0.333. The lowest BCUT2D eigenvalue weighted by molar-refractivity contribution is 0.813. The van der Waals surface area contributed by atoms with Crippen LogP contribution in [0.25, 0.3) is 0 Å². The quantitative estimate of drug-likeness (QED) is 0.481.